The predicted molar refractivity (Wildman–Crippen MR) is 145 cm³/mol. The SMILES string of the molecule is CCC(=O)N1CCC[C@@H](NC(=O)C2=C3NC(=O)N(c4cnc(CC(C)C)cc4C)C4CCNC(S2)C34)C1. The molecule has 0 aliphatic carbocycles. The Bertz CT molecular complexity index is 1120. The molecule has 10 heteroatoms. The summed E-state index contributed by atoms with van der Waals surface area (Å²) in [6, 6.07) is 1.76. The van der Waals surface area contributed by atoms with Gasteiger partial charge in [-0.2, -0.15) is 0 Å². The molecule has 3 unspecified atom stereocenters. The van der Waals surface area contributed by atoms with E-state index in [1.54, 1.807) is 0 Å². The highest BCUT2D eigenvalue weighted by Crippen LogP contribution is 2.48. The number of nitrogens with one attached hydrogen (secondary N) is 3. The first-order valence-corrected chi connectivity index (χ1v) is 14.4. The normalized spacial score (nSPS) is 27.3. The van der Waals surface area contributed by atoms with E-state index in [9.17, 15) is 14.4 Å². The van der Waals surface area contributed by atoms with Gasteiger partial charge in [0.15, 0.2) is 0 Å². The van der Waals surface area contributed by atoms with Crippen LogP contribution in [0.5, 0.6) is 0 Å². The van der Waals surface area contributed by atoms with Crippen LogP contribution in [-0.2, 0) is 16.0 Å². The fourth-order valence-electron chi connectivity index (χ4n) is 6.09. The maximum Gasteiger partial charge on any atom is 0.326 e. The Hall–Kier alpha value is -2.59. The second-order valence-electron chi connectivity index (χ2n) is 11.0. The summed E-state index contributed by atoms with van der Waals surface area (Å²) in [6.07, 6.45) is 5.73. The number of aromatic nitrogens is 1. The van der Waals surface area contributed by atoms with E-state index in [1.165, 1.54) is 11.8 Å². The van der Waals surface area contributed by atoms with Gasteiger partial charge in [-0.1, -0.05) is 32.5 Å². The molecule has 0 radical (unpaired) electrons. The van der Waals surface area contributed by atoms with Crippen molar-refractivity contribution in [3.05, 3.63) is 34.1 Å². The number of urea groups is 1. The molecule has 4 aliphatic heterocycles. The Balaban J connectivity index is 1.37. The summed E-state index contributed by atoms with van der Waals surface area (Å²) in [7, 11) is 0. The molecule has 5 heterocycles. The molecular weight excluding hydrogens is 488 g/mol. The molecule has 3 N–H and O–H groups in total. The summed E-state index contributed by atoms with van der Waals surface area (Å²) in [5, 5.41) is 9.82. The largest absolute Gasteiger partial charge is 0.347 e. The molecule has 1 aromatic heterocycles. The van der Waals surface area contributed by atoms with Crippen molar-refractivity contribution in [2.75, 3.05) is 24.5 Å². The zero-order valence-electron chi connectivity index (χ0n) is 22.2. The minimum absolute atomic E-state index is 0.00327. The highest BCUT2D eigenvalue weighted by atomic mass is 32.2. The van der Waals surface area contributed by atoms with Gasteiger partial charge in [0.2, 0.25) is 5.91 Å². The number of rotatable bonds is 6. The first-order valence-electron chi connectivity index (χ1n) is 13.5. The third kappa shape index (κ3) is 5.10. The molecule has 0 aromatic carbocycles. The van der Waals surface area contributed by atoms with Crippen molar-refractivity contribution in [1.29, 1.82) is 0 Å². The number of thioether (sulfide) groups is 1. The van der Waals surface area contributed by atoms with E-state index in [0.29, 0.717) is 23.8 Å². The van der Waals surface area contributed by atoms with E-state index >= 15 is 0 Å². The van der Waals surface area contributed by atoms with Crippen LogP contribution in [0.1, 0.15) is 57.7 Å². The quantitative estimate of drug-likeness (QED) is 0.526. The highest BCUT2D eigenvalue weighted by Gasteiger charge is 2.52. The molecule has 0 bridgehead atoms. The molecule has 3 saturated heterocycles. The van der Waals surface area contributed by atoms with Gasteiger partial charge in [0.05, 0.1) is 28.2 Å². The number of likely N-dealkylation sites (tertiary alicyclic amines) is 1. The number of aryl methyl sites for hydroxylation is 1. The molecule has 9 nitrogen and oxygen atoms in total. The summed E-state index contributed by atoms with van der Waals surface area (Å²) >= 11 is 1.51. The van der Waals surface area contributed by atoms with E-state index in [0.717, 1.165) is 61.4 Å². The molecule has 3 fully saturated rings. The van der Waals surface area contributed by atoms with Crippen molar-refractivity contribution in [3.8, 4) is 0 Å². The fraction of sp³-hybridized carbons (Fsp3) is 0.630. The number of amides is 4. The van der Waals surface area contributed by atoms with E-state index in [4.69, 9.17) is 0 Å². The van der Waals surface area contributed by atoms with Gasteiger partial charge >= 0.3 is 6.03 Å². The first kappa shape index (κ1) is 26.0. The Morgan fingerprint density at radius 3 is 2.84 bits per heavy atom. The molecule has 200 valence electrons. The number of anilines is 1. The number of pyridine rings is 1. The Labute approximate surface area is 223 Å². The van der Waals surface area contributed by atoms with Gasteiger partial charge in [-0.3, -0.25) is 19.5 Å². The molecule has 4 atom stereocenters. The third-order valence-electron chi connectivity index (χ3n) is 7.78. The van der Waals surface area contributed by atoms with Crippen LogP contribution in [0.4, 0.5) is 10.5 Å². The van der Waals surface area contributed by atoms with Gasteiger partial charge in [-0.25, -0.2) is 4.79 Å². The number of hydrogen-bond donors (Lipinski definition) is 3. The molecule has 0 spiro atoms. The topological polar surface area (TPSA) is 107 Å². The lowest BCUT2D eigenvalue weighted by molar-refractivity contribution is -0.133. The number of nitrogens with zero attached hydrogens (tertiary/aromatic N) is 3. The van der Waals surface area contributed by atoms with E-state index in [1.807, 2.05) is 29.8 Å². The second-order valence-corrected chi connectivity index (χ2v) is 12.1. The Kier molecular flexibility index (Phi) is 7.49. The molecule has 0 saturated carbocycles. The molecule has 4 aliphatic rings. The van der Waals surface area contributed by atoms with Crippen LogP contribution in [0.15, 0.2) is 22.9 Å². The summed E-state index contributed by atoms with van der Waals surface area (Å²) < 4.78 is 0. The van der Waals surface area contributed by atoms with E-state index in [2.05, 4.69) is 40.8 Å². The molecule has 5 rings (SSSR count). The maximum atomic E-state index is 13.5. The standard InChI is InChI=1S/C27H38N6O3S/c1-5-21(34)32-10-6-7-17(14-32)30-25(35)24-23-22-19(8-9-28-26(22)37-24)33(27(36)31-23)20-13-29-18(11-15(2)3)12-16(20)4/h12-13,15,17,19,22,26,28H,5-11,14H2,1-4H3,(H,30,35)(H,31,36)/t17-,19?,22?,26?/m1/s1. The lowest BCUT2D eigenvalue weighted by Crippen LogP contribution is -2.62. The highest BCUT2D eigenvalue weighted by molar-refractivity contribution is 8.04. The van der Waals surface area contributed by atoms with Crippen LogP contribution in [0.3, 0.4) is 0 Å². The van der Waals surface area contributed by atoms with Crippen LogP contribution in [-0.4, -0.2) is 64.8 Å². The first-order chi connectivity index (χ1) is 17.8. The van der Waals surface area contributed by atoms with Crippen LogP contribution >= 0.6 is 11.8 Å². The average Bonchev–Trinajstić information content (AvgIpc) is 3.24. The lowest BCUT2D eigenvalue weighted by Gasteiger charge is -2.46. The number of carbonyl (C=O) groups is 3. The Morgan fingerprint density at radius 1 is 1.30 bits per heavy atom. The van der Waals surface area contributed by atoms with Gasteiger partial charge in [-0.15, -0.1) is 0 Å². The molecular formula is C27H38N6O3S. The lowest BCUT2D eigenvalue weighted by atomic mass is 9.86. The number of carbonyl (C=O) groups excluding carboxylic acids is 3. The van der Waals surface area contributed by atoms with Crippen molar-refractivity contribution in [1.82, 2.24) is 25.8 Å². The van der Waals surface area contributed by atoms with Crippen molar-refractivity contribution in [2.45, 2.75) is 77.3 Å². The molecule has 4 amide bonds. The Morgan fingerprint density at radius 2 is 2.11 bits per heavy atom. The summed E-state index contributed by atoms with van der Waals surface area (Å²) in [6.45, 7) is 10.3. The van der Waals surface area contributed by atoms with Gasteiger partial charge < -0.3 is 20.9 Å². The fourth-order valence-corrected chi connectivity index (χ4v) is 7.49. The molecule has 1 aromatic rings. The zero-order chi connectivity index (χ0) is 26.3. The zero-order valence-corrected chi connectivity index (χ0v) is 23.0. The van der Waals surface area contributed by atoms with Gasteiger partial charge in [0.25, 0.3) is 5.91 Å². The minimum atomic E-state index is -0.205. The van der Waals surface area contributed by atoms with Gasteiger partial charge in [-0.05, 0) is 56.7 Å². The predicted octanol–water partition coefficient (Wildman–Crippen LogP) is 2.90. The van der Waals surface area contributed by atoms with Crippen molar-refractivity contribution in [2.24, 2.45) is 11.8 Å². The number of piperidine rings is 2. The number of hydrogen-bond acceptors (Lipinski definition) is 6. The summed E-state index contributed by atoms with van der Waals surface area (Å²) in [4.78, 5) is 48.1. The van der Waals surface area contributed by atoms with Gasteiger partial charge in [0.1, 0.15) is 0 Å². The van der Waals surface area contributed by atoms with E-state index in [-0.39, 0.29) is 41.2 Å². The second kappa shape index (κ2) is 10.6. The van der Waals surface area contributed by atoms with Crippen molar-refractivity contribution >= 4 is 35.3 Å². The van der Waals surface area contributed by atoms with Crippen LogP contribution < -0.4 is 20.9 Å². The average molecular weight is 527 g/mol. The van der Waals surface area contributed by atoms with Crippen LogP contribution in [0, 0.1) is 18.8 Å². The smallest absolute Gasteiger partial charge is 0.326 e. The van der Waals surface area contributed by atoms with Crippen LogP contribution in [0.25, 0.3) is 0 Å². The molecule has 37 heavy (non-hydrogen) atoms. The maximum absolute atomic E-state index is 13.5. The van der Waals surface area contributed by atoms with Crippen LogP contribution in [0.2, 0.25) is 0 Å². The summed E-state index contributed by atoms with van der Waals surface area (Å²) in [5.74, 6) is 0.473. The van der Waals surface area contributed by atoms with E-state index < -0.39 is 0 Å². The monoisotopic (exact) mass is 526 g/mol. The van der Waals surface area contributed by atoms with Crippen molar-refractivity contribution in [3.63, 3.8) is 0 Å². The van der Waals surface area contributed by atoms with Gasteiger partial charge in [0, 0.05) is 42.9 Å². The third-order valence-corrected chi connectivity index (χ3v) is 9.13. The summed E-state index contributed by atoms with van der Waals surface area (Å²) in [5.41, 5.74) is 3.64. The van der Waals surface area contributed by atoms with Crippen molar-refractivity contribution < 1.29 is 14.4 Å². The minimum Gasteiger partial charge on any atom is -0.347 e.